The highest BCUT2D eigenvalue weighted by molar-refractivity contribution is 6.31. The number of carbonyl (C=O) groups is 1. The summed E-state index contributed by atoms with van der Waals surface area (Å²) >= 11 is 5.99. The number of aliphatic hydroxyl groups excluding tert-OH is 1. The smallest absolute Gasteiger partial charge is 0.318 e. The molecule has 0 aromatic heterocycles. The lowest BCUT2D eigenvalue weighted by atomic mass is 9.91. The zero-order chi connectivity index (χ0) is 22.9. The van der Waals surface area contributed by atoms with Crippen LogP contribution in [0.3, 0.4) is 0 Å². The van der Waals surface area contributed by atoms with E-state index in [-0.39, 0.29) is 37.2 Å². The first-order chi connectivity index (χ1) is 15.3. The highest BCUT2D eigenvalue weighted by Gasteiger charge is 2.44. The number of halogens is 2. The Kier molecular flexibility index (Phi) is 6.74. The molecule has 0 spiro atoms. The Labute approximate surface area is 193 Å². The molecule has 1 aromatic carbocycles. The number of nitrogens with zero attached hydrogens (tertiary/aromatic N) is 3. The molecule has 1 aromatic rings. The predicted octanol–water partition coefficient (Wildman–Crippen LogP) is 3.01. The highest BCUT2D eigenvalue weighted by Crippen LogP contribution is 2.34. The van der Waals surface area contributed by atoms with E-state index in [2.05, 4.69) is 20.7 Å². The molecule has 3 atom stereocenters. The molecule has 174 valence electrons. The van der Waals surface area contributed by atoms with Crippen molar-refractivity contribution in [3.8, 4) is 0 Å². The van der Waals surface area contributed by atoms with Crippen molar-refractivity contribution in [3.63, 3.8) is 0 Å². The van der Waals surface area contributed by atoms with Gasteiger partial charge in [-0.1, -0.05) is 11.6 Å². The molecule has 2 aliphatic heterocycles. The van der Waals surface area contributed by atoms with Crippen molar-refractivity contribution >= 4 is 23.8 Å². The maximum atomic E-state index is 14.3. The second-order valence-corrected chi connectivity index (χ2v) is 9.64. The van der Waals surface area contributed by atoms with Crippen LogP contribution < -0.4 is 10.7 Å². The second-order valence-electron chi connectivity index (χ2n) is 9.23. The van der Waals surface area contributed by atoms with Crippen LogP contribution in [-0.4, -0.2) is 64.6 Å². The zero-order valence-corrected chi connectivity index (χ0v) is 19.3. The molecule has 0 radical (unpaired) electrons. The first kappa shape index (κ1) is 23.0. The number of urea groups is 1. The number of hydrogen-bond acceptors (Lipinski definition) is 5. The van der Waals surface area contributed by atoms with Crippen molar-refractivity contribution in [2.24, 2.45) is 11.0 Å². The number of allylic oxidation sites excluding steroid dienone is 1. The topological polar surface area (TPSA) is 80.2 Å². The molecule has 1 unspecified atom stereocenters. The van der Waals surface area contributed by atoms with Crippen molar-refractivity contribution in [1.82, 2.24) is 20.5 Å². The minimum Gasteiger partial charge on any atom is -0.396 e. The largest absolute Gasteiger partial charge is 0.396 e. The average molecular weight is 464 g/mol. The van der Waals surface area contributed by atoms with E-state index in [1.807, 2.05) is 30.9 Å². The summed E-state index contributed by atoms with van der Waals surface area (Å²) in [7, 11) is 0. The molecule has 2 fully saturated rings. The number of hydrogen-bond donors (Lipinski definition) is 3. The monoisotopic (exact) mass is 463 g/mol. The summed E-state index contributed by atoms with van der Waals surface area (Å²) in [6.07, 6.45) is 8.30. The van der Waals surface area contributed by atoms with Gasteiger partial charge in [0.2, 0.25) is 0 Å². The van der Waals surface area contributed by atoms with E-state index in [0.717, 1.165) is 24.8 Å². The Morgan fingerprint density at radius 3 is 2.84 bits per heavy atom. The Morgan fingerprint density at radius 2 is 2.19 bits per heavy atom. The van der Waals surface area contributed by atoms with Crippen LogP contribution in [0.15, 0.2) is 29.4 Å². The van der Waals surface area contributed by atoms with Gasteiger partial charge in [0.25, 0.3) is 0 Å². The molecule has 1 saturated carbocycles. The first-order valence-corrected chi connectivity index (χ1v) is 11.5. The number of nitrogens with one attached hydrogen (secondary N) is 2. The lowest BCUT2D eigenvalue weighted by molar-refractivity contribution is 0.00156. The normalized spacial score (nSPS) is 27.8. The van der Waals surface area contributed by atoms with Crippen LogP contribution in [0.4, 0.5) is 9.18 Å². The number of rotatable bonds is 6. The third-order valence-electron chi connectivity index (χ3n) is 6.63. The van der Waals surface area contributed by atoms with Gasteiger partial charge in [0.15, 0.2) is 0 Å². The van der Waals surface area contributed by atoms with E-state index in [1.165, 1.54) is 6.07 Å². The summed E-state index contributed by atoms with van der Waals surface area (Å²) < 4.78 is 14.3. The molecule has 1 saturated heterocycles. The van der Waals surface area contributed by atoms with Crippen LogP contribution in [0, 0.1) is 18.7 Å². The van der Waals surface area contributed by atoms with E-state index in [1.54, 1.807) is 12.3 Å². The van der Waals surface area contributed by atoms with Crippen molar-refractivity contribution in [3.05, 3.63) is 46.3 Å². The van der Waals surface area contributed by atoms with Gasteiger partial charge in [-0.3, -0.25) is 10.3 Å². The molecule has 0 bridgehead atoms. The maximum absolute atomic E-state index is 14.3. The Hall–Kier alpha value is -2.16. The third kappa shape index (κ3) is 4.92. The second kappa shape index (κ2) is 9.37. The molecule has 2 heterocycles. The molecule has 4 rings (SSSR count). The number of piperidine rings is 1. The van der Waals surface area contributed by atoms with E-state index in [4.69, 9.17) is 11.6 Å². The number of amides is 2. The Balaban J connectivity index is 1.48. The minimum absolute atomic E-state index is 0.0527. The van der Waals surface area contributed by atoms with Gasteiger partial charge in [-0.05, 0) is 68.9 Å². The highest BCUT2D eigenvalue weighted by atomic mass is 35.5. The van der Waals surface area contributed by atoms with Crippen LogP contribution in [0.25, 0.3) is 0 Å². The summed E-state index contributed by atoms with van der Waals surface area (Å²) in [5, 5.41) is 17.4. The number of aliphatic hydroxyl groups is 1. The molecule has 1 aliphatic carbocycles. The molecule has 2 amide bonds. The van der Waals surface area contributed by atoms with Gasteiger partial charge < -0.3 is 15.3 Å². The van der Waals surface area contributed by atoms with E-state index in [0.29, 0.717) is 23.7 Å². The SMILES string of the molecule is Cc1cc(CNC(=O)N(C2CC2)[C@@H]2C[C@H](CO)CN(C3(C)C=CC=NN3)C2)c(F)cc1Cl. The fraction of sp³-hybridized carbons (Fsp3) is 0.565. The third-order valence-corrected chi connectivity index (χ3v) is 7.04. The maximum Gasteiger partial charge on any atom is 0.318 e. The lowest BCUT2D eigenvalue weighted by Gasteiger charge is -2.49. The molecule has 9 heteroatoms. The first-order valence-electron chi connectivity index (χ1n) is 11.2. The van der Waals surface area contributed by atoms with Crippen molar-refractivity contribution in [2.45, 2.75) is 57.4 Å². The van der Waals surface area contributed by atoms with Crippen LogP contribution >= 0.6 is 11.6 Å². The standard InChI is InChI=1S/C23H31ClFN5O2/c1-15-8-17(21(25)10-20(15)24)11-26-22(32)30(18-4-5-18)19-9-16(14-31)12-29(13-19)23(2)6-3-7-27-28-23/h3,6-8,10,16,18-19,28,31H,4-5,9,11-14H2,1-2H3,(H,26,32)/t16-,19+,23?/m0/s1. The molecule has 7 nitrogen and oxygen atoms in total. The molecule has 3 aliphatic rings. The number of likely N-dealkylation sites (tertiary alicyclic amines) is 1. The van der Waals surface area contributed by atoms with Gasteiger partial charge in [0.1, 0.15) is 11.5 Å². The Morgan fingerprint density at radius 1 is 1.41 bits per heavy atom. The van der Waals surface area contributed by atoms with E-state index < -0.39 is 11.5 Å². The number of carbonyl (C=O) groups excluding carboxylic acids is 1. The quantitative estimate of drug-likeness (QED) is 0.606. The van der Waals surface area contributed by atoms with Gasteiger partial charge in [0.05, 0.1) is 0 Å². The fourth-order valence-corrected chi connectivity index (χ4v) is 4.79. The number of hydrazone groups is 1. The average Bonchev–Trinajstić information content (AvgIpc) is 3.61. The van der Waals surface area contributed by atoms with Crippen LogP contribution in [-0.2, 0) is 6.54 Å². The zero-order valence-electron chi connectivity index (χ0n) is 18.5. The predicted molar refractivity (Wildman–Crippen MR) is 123 cm³/mol. The van der Waals surface area contributed by atoms with Gasteiger partial charge in [0, 0.05) is 55.1 Å². The van der Waals surface area contributed by atoms with Gasteiger partial charge in [-0.2, -0.15) is 5.10 Å². The summed E-state index contributed by atoms with van der Waals surface area (Å²) in [6, 6.07) is 2.89. The molecule has 32 heavy (non-hydrogen) atoms. The van der Waals surface area contributed by atoms with Crippen molar-refractivity contribution in [2.75, 3.05) is 19.7 Å². The number of aryl methyl sites for hydroxylation is 1. The van der Waals surface area contributed by atoms with Crippen molar-refractivity contribution in [1.29, 1.82) is 0 Å². The molecular weight excluding hydrogens is 433 g/mol. The summed E-state index contributed by atoms with van der Waals surface area (Å²) in [6.45, 7) is 5.40. The fourth-order valence-electron chi connectivity index (χ4n) is 4.64. The molecule has 3 N–H and O–H groups in total. The van der Waals surface area contributed by atoms with Crippen LogP contribution in [0.5, 0.6) is 0 Å². The van der Waals surface area contributed by atoms with Crippen LogP contribution in [0.2, 0.25) is 5.02 Å². The summed E-state index contributed by atoms with van der Waals surface area (Å²) in [5.41, 5.74) is 3.87. The van der Waals surface area contributed by atoms with Gasteiger partial charge in [-0.15, -0.1) is 0 Å². The van der Waals surface area contributed by atoms with E-state index >= 15 is 0 Å². The van der Waals surface area contributed by atoms with Gasteiger partial charge >= 0.3 is 6.03 Å². The molecular formula is C23H31ClFN5O2. The van der Waals surface area contributed by atoms with Crippen LogP contribution in [0.1, 0.15) is 37.3 Å². The van der Waals surface area contributed by atoms with Crippen molar-refractivity contribution < 1.29 is 14.3 Å². The van der Waals surface area contributed by atoms with Gasteiger partial charge in [-0.25, -0.2) is 9.18 Å². The lowest BCUT2D eigenvalue weighted by Crippen LogP contribution is -2.64. The summed E-state index contributed by atoms with van der Waals surface area (Å²) in [4.78, 5) is 17.4. The summed E-state index contributed by atoms with van der Waals surface area (Å²) in [5.74, 6) is -0.371. The Bertz CT molecular complexity index is 922. The minimum atomic E-state index is -0.476. The van der Waals surface area contributed by atoms with E-state index in [9.17, 15) is 14.3 Å². The number of benzene rings is 1.